The quantitative estimate of drug-likeness (QED) is 0.382. The van der Waals surface area contributed by atoms with Crippen molar-refractivity contribution in [3.05, 3.63) is 60.1 Å². The normalized spacial score (nSPS) is 20.6. The number of aliphatic carboxylic acids is 1. The van der Waals surface area contributed by atoms with Gasteiger partial charge in [0, 0.05) is 35.3 Å². The molecular formula is C29H31N3O4S. The number of carbonyl (C=O) groups excluding carboxylic acids is 1. The highest BCUT2D eigenvalue weighted by Gasteiger charge is 2.39. The number of carboxylic acids is 1. The van der Waals surface area contributed by atoms with Crippen molar-refractivity contribution in [2.24, 2.45) is 17.8 Å². The molecule has 1 amide bonds. The topological polar surface area (TPSA) is 92.6 Å². The minimum atomic E-state index is -0.923. The van der Waals surface area contributed by atoms with E-state index < -0.39 is 11.9 Å². The van der Waals surface area contributed by atoms with Gasteiger partial charge in [0.25, 0.3) is 0 Å². The average Bonchev–Trinajstić information content (AvgIpc) is 3.62. The molecule has 1 saturated carbocycles. The number of rotatable bonds is 7. The summed E-state index contributed by atoms with van der Waals surface area (Å²) in [5.41, 5.74) is 3.64. The van der Waals surface area contributed by atoms with E-state index in [0.29, 0.717) is 23.5 Å². The van der Waals surface area contributed by atoms with Gasteiger partial charge in [0.15, 0.2) is 5.13 Å². The summed E-state index contributed by atoms with van der Waals surface area (Å²) in [5, 5.41) is 12.2. The van der Waals surface area contributed by atoms with Crippen LogP contribution in [0.3, 0.4) is 0 Å². The molecule has 2 atom stereocenters. The van der Waals surface area contributed by atoms with Gasteiger partial charge in [-0.1, -0.05) is 62.1 Å². The SMILES string of the molecule is COc1ccc(-c2ccccc2-c2csc(N3CC=CCC(C4CCCC4)C(CC(=O)O)C3=O)n2)cn1. The Morgan fingerprint density at radius 2 is 1.92 bits per heavy atom. The van der Waals surface area contributed by atoms with Gasteiger partial charge in [-0.05, 0) is 29.9 Å². The molecule has 3 heterocycles. The van der Waals surface area contributed by atoms with Gasteiger partial charge < -0.3 is 9.84 Å². The van der Waals surface area contributed by atoms with Gasteiger partial charge >= 0.3 is 5.97 Å². The number of carbonyl (C=O) groups is 2. The van der Waals surface area contributed by atoms with Crippen LogP contribution in [0.1, 0.15) is 38.5 Å². The summed E-state index contributed by atoms with van der Waals surface area (Å²) in [6.45, 7) is 0.392. The number of carboxylic acid groups (broad SMARTS) is 1. The number of thiazole rings is 1. The van der Waals surface area contributed by atoms with E-state index in [2.05, 4.69) is 11.1 Å². The lowest BCUT2D eigenvalue weighted by atomic mass is 9.75. The highest BCUT2D eigenvalue weighted by atomic mass is 32.1. The fourth-order valence-electron chi connectivity index (χ4n) is 5.71. The van der Waals surface area contributed by atoms with Crippen molar-refractivity contribution in [2.45, 2.75) is 38.5 Å². The molecule has 1 aliphatic heterocycles. The average molecular weight is 518 g/mol. The van der Waals surface area contributed by atoms with Gasteiger partial charge in [-0.15, -0.1) is 11.3 Å². The van der Waals surface area contributed by atoms with Gasteiger partial charge in [0.05, 0.1) is 25.1 Å². The van der Waals surface area contributed by atoms with Crippen molar-refractivity contribution < 1.29 is 19.4 Å². The van der Waals surface area contributed by atoms with Crippen molar-refractivity contribution in [1.82, 2.24) is 9.97 Å². The van der Waals surface area contributed by atoms with E-state index in [0.717, 1.165) is 54.5 Å². The highest BCUT2D eigenvalue weighted by Crippen LogP contribution is 2.41. The van der Waals surface area contributed by atoms with Crippen molar-refractivity contribution in [3.63, 3.8) is 0 Å². The highest BCUT2D eigenvalue weighted by molar-refractivity contribution is 7.14. The van der Waals surface area contributed by atoms with Gasteiger partial charge in [-0.3, -0.25) is 14.5 Å². The van der Waals surface area contributed by atoms with E-state index in [1.165, 1.54) is 11.3 Å². The molecule has 5 rings (SSSR count). The van der Waals surface area contributed by atoms with Crippen LogP contribution in [0.15, 0.2) is 60.1 Å². The van der Waals surface area contributed by atoms with Crippen molar-refractivity contribution in [1.29, 1.82) is 0 Å². The third-order valence-corrected chi connectivity index (χ3v) is 8.41. The molecule has 1 fully saturated rings. The molecule has 8 heteroatoms. The Balaban J connectivity index is 1.46. The molecule has 0 radical (unpaired) electrons. The Labute approximate surface area is 220 Å². The zero-order chi connectivity index (χ0) is 25.8. The number of ether oxygens (including phenoxy) is 1. The lowest BCUT2D eigenvalue weighted by Gasteiger charge is -2.34. The van der Waals surface area contributed by atoms with Crippen LogP contribution in [0.4, 0.5) is 5.13 Å². The number of hydrogen-bond acceptors (Lipinski definition) is 6. The van der Waals surface area contributed by atoms with Crippen LogP contribution in [0.2, 0.25) is 0 Å². The van der Waals surface area contributed by atoms with Crippen molar-refractivity contribution >= 4 is 28.3 Å². The summed E-state index contributed by atoms with van der Waals surface area (Å²) in [4.78, 5) is 36.6. The number of pyridine rings is 1. The smallest absolute Gasteiger partial charge is 0.304 e. The molecule has 2 aliphatic rings. The lowest BCUT2D eigenvalue weighted by molar-refractivity contribution is -0.142. The molecule has 7 nitrogen and oxygen atoms in total. The summed E-state index contributed by atoms with van der Waals surface area (Å²) in [6, 6.07) is 11.8. The van der Waals surface area contributed by atoms with Gasteiger partial charge in [-0.25, -0.2) is 9.97 Å². The molecule has 1 N–H and O–H groups in total. The maximum atomic E-state index is 13.9. The minimum Gasteiger partial charge on any atom is -0.481 e. The molecule has 3 aromatic rings. The summed E-state index contributed by atoms with van der Waals surface area (Å²) >= 11 is 1.41. The summed E-state index contributed by atoms with van der Waals surface area (Å²) in [7, 11) is 1.59. The lowest BCUT2D eigenvalue weighted by Crippen LogP contribution is -2.43. The predicted molar refractivity (Wildman–Crippen MR) is 145 cm³/mol. The molecule has 0 saturated heterocycles. The first-order valence-corrected chi connectivity index (χ1v) is 13.7. The monoisotopic (exact) mass is 517 g/mol. The fraction of sp³-hybridized carbons (Fsp3) is 0.379. The Morgan fingerprint density at radius 1 is 1.14 bits per heavy atom. The molecular weight excluding hydrogens is 486 g/mol. The van der Waals surface area contributed by atoms with Crippen molar-refractivity contribution in [3.8, 4) is 28.3 Å². The van der Waals surface area contributed by atoms with Crippen LogP contribution in [0.5, 0.6) is 5.88 Å². The largest absolute Gasteiger partial charge is 0.481 e. The van der Waals surface area contributed by atoms with Crippen LogP contribution in [-0.2, 0) is 9.59 Å². The second-order valence-corrected chi connectivity index (χ2v) is 10.6. The number of anilines is 1. The first kappa shape index (κ1) is 25.1. The maximum Gasteiger partial charge on any atom is 0.304 e. The summed E-state index contributed by atoms with van der Waals surface area (Å²) in [6.07, 6.45) is 11.0. The van der Waals surface area contributed by atoms with Crippen LogP contribution in [0.25, 0.3) is 22.4 Å². The van der Waals surface area contributed by atoms with Crippen LogP contribution in [0, 0.1) is 17.8 Å². The number of amides is 1. The first-order valence-electron chi connectivity index (χ1n) is 12.8. The second-order valence-electron chi connectivity index (χ2n) is 9.72. The standard InChI is InChI=1S/C29H31N3O4S/c1-36-26-14-13-20(17-30-26)22-10-4-5-12-23(22)25-18-37-29(31-25)32-15-7-6-11-21(19-8-2-3-9-19)24(28(32)35)16-27(33)34/h4-7,10,12-14,17-19,21,24H,2-3,8-9,11,15-16H2,1H3,(H,33,34). The number of benzene rings is 1. The maximum absolute atomic E-state index is 13.9. The summed E-state index contributed by atoms with van der Waals surface area (Å²) in [5.74, 6) is -0.601. The summed E-state index contributed by atoms with van der Waals surface area (Å²) < 4.78 is 5.19. The predicted octanol–water partition coefficient (Wildman–Crippen LogP) is 6.07. The number of methoxy groups -OCH3 is 1. The van der Waals surface area contributed by atoms with Crippen molar-refractivity contribution in [2.75, 3.05) is 18.6 Å². The number of nitrogens with zero attached hydrogens (tertiary/aromatic N) is 3. The molecule has 1 aromatic carbocycles. The first-order chi connectivity index (χ1) is 18.0. The van der Waals surface area contributed by atoms with E-state index in [1.807, 2.05) is 47.9 Å². The zero-order valence-corrected chi connectivity index (χ0v) is 21.7. The number of allylic oxidation sites excluding steroid dienone is 1. The molecule has 2 aromatic heterocycles. The van der Waals surface area contributed by atoms with E-state index in [9.17, 15) is 14.7 Å². The number of aromatic nitrogens is 2. The van der Waals surface area contributed by atoms with E-state index in [1.54, 1.807) is 18.2 Å². The van der Waals surface area contributed by atoms with Crippen LogP contribution < -0.4 is 9.64 Å². The fourth-order valence-corrected chi connectivity index (χ4v) is 6.55. The molecule has 192 valence electrons. The third kappa shape index (κ3) is 5.44. The minimum absolute atomic E-state index is 0.0490. The second kappa shape index (κ2) is 11.3. The van der Waals surface area contributed by atoms with E-state index in [4.69, 9.17) is 9.72 Å². The number of hydrogen-bond donors (Lipinski definition) is 1. The molecule has 37 heavy (non-hydrogen) atoms. The van der Waals surface area contributed by atoms with Crippen LogP contribution >= 0.6 is 11.3 Å². The zero-order valence-electron chi connectivity index (χ0n) is 20.9. The van der Waals surface area contributed by atoms with Gasteiger partial charge in [0.2, 0.25) is 11.8 Å². The molecule has 0 spiro atoms. The van der Waals surface area contributed by atoms with E-state index in [-0.39, 0.29) is 18.2 Å². The van der Waals surface area contributed by atoms with Gasteiger partial charge in [0.1, 0.15) is 0 Å². The van der Waals surface area contributed by atoms with Gasteiger partial charge in [-0.2, -0.15) is 0 Å². The molecule has 2 unspecified atom stereocenters. The van der Waals surface area contributed by atoms with Crippen LogP contribution in [-0.4, -0.2) is 40.6 Å². The Hall–Kier alpha value is -3.52. The Morgan fingerprint density at radius 3 is 2.62 bits per heavy atom. The molecule has 1 aliphatic carbocycles. The Kier molecular flexibility index (Phi) is 7.65. The molecule has 0 bridgehead atoms. The Bertz CT molecular complexity index is 1280. The van der Waals surface area contributed by atoms with E-state index >= 15 is 0 Å². The third-order valence-electron chi connectivity index (χ3n) is 7.55.